The summed E-state index contributed by atoms with van der Waals surface area (Å²) in [5.74, 6) is 1.35. The van der Waals surface area contributed by atoms with E-state index in [2.05, 4.69) is 58.7 Å². The largest absolute Gasteiger partial charge is 0.378 e. The fourth-order valence-electron chi connectivity index (χ4n) is 4.78. The molecule has 2 aromatic carbocycles. The van der Waals surface area contributed by atoms with Crippen LogP contribution in [0.15, 0.2) is 48.5 Å². The number of rotatable bonds is 4. The maximum absolute atomic E-state index is 12.2. The number of nitrogens with one attached hydrogen (secondary N) is 1. The molecule has 1 heterocycles. The van der Waals surface area contributed by atoms with Gasteiger partial charge >= 0.3 is 0 Å². The number of carbonyl (C=O) groups is 1. The van der Waals surface area contributed by atoms with Crippen molar-refractivity contribution in [2.45, 2.75) is 50.5 Å². The minimum Gasteiger partial charge on any atom is -0.378 e. The monoisotopic (exact) mass is 360 g/mol. The Bertz CT molecular complexity index is 817. The van der Waals surface area contributed by atoms with Gasteiger partial charge in [-0.1, -0.05) is 36.4 Å². The Morgan fingerprint density at radius 2 is 1.63 bits per heavy atom. The summed E-state index contributed by atoms with van der Waals surface area (Å²) in [4.78, 5) is 14.3. The zero-order valence-electron chi connectivity index (χ0n) is 15.9. The molecule has 3 heteroatoms. The summed E-state index contributed by atoms with van der Waals surface area (Å²) in [5.41, 5.74) is 5.57. The SMILES string of the molecule is O=C(C1CC1)N1CCC(c2ccc(NC3CCc4ccccc43)cc2)CC1. The van der Waals surface area contributed by atoms with Crippen LogP contribution in [0.25, 0.3) is 0 Å². The van der Waals surface area contributed by atoms with Crippen LogP contribution in [-0.2, 0) is 11.2 Å². The van der Waals surface area contributed by atoms with Gasteiger partial charge in [0, 0.05) is 24.7 Å². The first-order valence-corrected chi connectivity index (χ1v) is 10.5. The van der Waals surface area contributed by atoms with Crippen molar-refractivity contribution in [3.05, 3.63) is 65.2 Å². The lowest BCUT2D eigenvalue weighted by molar-refractivity contribution is -0.133. The van der Waals surface area contributed by atoms with Crippen molar-refractivity contribution in [3.63, 3.8) is 0 Å². The second kappa shape index (κ2) is 7.03. The van der Waals surface area contributed by atoms with E-state index in [1.807, 2.05) is 0 Å². The number of anilines is 1. The van der Waals surface area contributed by atoms with E-state index >= 15 is 0 Å². The Labute approximate surface area is 161 Å². The lowest BCUT2D eigenvalue weighted by Gasteiger charge is -2.32. The third kappa shape index (κ3) is 3.47. The molecule has 1 atom stereocenters. The summed E-state index contributed by atoms with van der Waals surface area (Å²) < 4.78 is 0. The van der Waals surface area contributed by atoms with Crippen LogP contribution in [0.3, 0.4) is 0 Å². The molecule has 3 aliphatic rings. The second-order valence-electron chi connectivity index (χ2n) is 8.43. The Morgan fingerprint density at radius 1 is 0.889 bits per heavy atom. The Morgan fingerprint density at radius 3 is 2.37 bits per heavy atom. The third-order valence-corrected chi connectivity index (χ3v) is 6.59. The number of carbonyl (C=O) groups excluding carboxylic acids is 1. The van der Waals surface area contributed by atoms with Gasteiger partial charge in [-0.15, -0.1) is 0 Å². The maximum atomic E-state index is 12.2. The third-order valence-electron chi connectivity index (χ3n) is 6.59. The molecule has 1 amide bonds. The predicted octanol–water partition coefficient (Wildman–Crippen LogP) is 4.90. The van der Waals surface area contributed by atoms with Crippen molar-refractivity contribution in [1.82, 2.24) is 4.90 Å². The first kappa shape index (κ1) is 16.9. The van der Waals surface area contributed by atoms with Crippen LogP contribution in [0.1, 0.15) is 60.8 Å². The molecule has 27 heavy (non-hydrogen) atoms. The number of fused-ring (bicyclic) bond motifs is 1. The number of aryl methyl sites for hydroxylation is 1. The smallest absolute Gasteiger partial charge is 0.225 e. The lowest BCUT2D eigenvalue weighted by Crippen LogP contribution is -2.38. The topological polar surface area (TPSA) is 32.3 Å². The van der Waals surface area contributed by atoms with E-state index in [9.17, 15) is 4.79 Å². The molecule has 1 aliphatic heterocycles. The Balaban J connectivity index is 1.19. The van der Waals surface area contributed by atoms with E-state index in [1.165, 1.54) is 35.2 Å². The van der Waals surface area contributed by atoms with Crippen molar-refractivity contribution in [2.24, 2.45) is 5.92 Å². The summed E-state index contributed by atoms with van der Waals surface area (Å²) in [6.07, 6.45) is 6.76. The molecule has 5 rings (SSSR count). The number of benzene rings is 2. The number of likely N-dealkylation sites (tertiary alicyclic amines) is 1. The first-order chi connectivity index (χ1) is 13.3. The van der Waals surface area contributed by atoms with Crippen molar-refractivity contribution >= 4 is 11.6 Å². The predicted molar refractivity (Wildman–Crippen MR) is 109 cm³/mol. The zero-order chi connectivity index (χ0) is 18.2. The van der Waals surface area contributed by atoms with Crippen LogP contribution in [0.5, 0.6) is 0 Å². The highest BCUT2D eigenvalue weighted by Crippen LogP contribution is 2.36. The lowest BCUT2D eigenvalue weighted by atomic mass is 9.89. The van der Waals surface area contributed by atoms with Crippen LogP contribution < -0.4 is 5.32 Å². The molecule has 0 bridgehead atoms. The molecule has 0 radical (unpaired) electrons. The zero-order valence-corrected chi connectivity index (χ0v) is 15.9. The number of amides is 1. The van der Waals surface area contributed by atoms with Gasteiger partial charge in [0.15, 0.2) is 0 Å². The van der Waals surface area contributed by atoms with Crippen molar-refractivity contribution in [1.29, 1.82) is 0 Å². The Kier molecular flexibility index (Phi) is 4.39. The molecule has 3 nitrogen and oxygen atoms in total. The van der Waals surface area contributed by atoms with Crippen LogP contribution in [0, 0.1) is 5.92 Å². The van der Waals surface area contributed by atoms with Crippen LogP contribution in [0.4, 0.5) is 5.69 Å². The van der Waals surface area contributed by atoms with Crippen molar-refractivity contribution in [2.75, 3.05) is 18.4 Å². The van der Waals surface area contributed by atoms with E-state index in [1.54, 1.807) is 0 Å². The van der Waals surface area contributed by atoms with Crippen LogP contribution in [-0.4, -0.2) is 23.9 Å². The molecular formula is C24H28N2O. The van der Waals surface area contributed by atoms with E-state index in [4.69, 9.17) is 0 Å². The van der Waals surface area contributed by atoms with E-state index < -0.39 is 0 Å². The van der Waals surface area contributed by atoms with Crippen LogP contribution in [0.2, 0.25) is 0 Å². The number of hydrogen-bond acceptors (Lipinski definition) is 2. The van der Waals surface area contributed by atoms with Gasteiger partial charge in [0.2, 0.25) is 5.91 Å². The number of nitrogens with zero attached hydrogens (tertiary/aromatic N) is 1. The summed E-state index contributed by atoms with van der Waals surface area (Å²) in [6.45, 7) is 1.86. The fourth-order valence-corrected chi connectivity index (χ4v) is 4.78. The molecule has 0 aromatic heterocycles. The second-order valence-corrected chi connectivity index (χ2v) is 8.43. The summed E-state index contributed by atoms with van der Waals surface area (Å²) in [6, 6.07) is 18.3. The molecule has 2 aromatic rings. The summed E-state index contributed by atoms with van der Waals surface area (Å²) in [7, 11) is 0. The molecule has 1 saturated carbocycles. The highest BCUT2D eigenvalue weighted by molar-refractivity contribution is 5.81. The molecule has 0 spiro atoms. The van der Waals surface area contributed by atoms with Crippen molar-refractivity contribution in [3.8, 4) is 0 Å². The Hall–Kier alpha value is -2.29. The molecule has 140 valence electrons. The average Bonchev–Trinajstić information content (AvgIpc) is 3.50. The minimum atomic E-state index is 0.354. The van der Waals surface area contributed by atoms with Crippen LogP contribution >= 0.6 is 0 Å². The van der Waals surface area contributed by atoms with E-state index in [-0.39, 0.29) is 0 Å². The van der Waals surface area contributed by atoms with Gasteiger partial charge in [0.1, 0.15) is 0 Å². The summed E-state index contributed by atoms with van der Waals surface area (Å²) in [5, 5.41) is 3.72. The molecule has 1 saturated heterocycles. The van der Waals surface area contributed by atoms with Gasteiger partial charge in [0.25, 0.3) is 0 Å². The number of piperidine rings is 1. The fraction of sp³-hybridized carbons (Fsp3) is 0.458. The highest BCUT2D eigenvalue weighted by atomic mass is 16.2. The average molecular weight is 361 g/mol. The molecule has 2 fully saturated rings. The van der Waals surface area contributed by atoms with Gasteiger partial charge in [0.05, 0.1) is 6.04 Å². The summed E-state index contributed by atoms with van der Waals surface area (Å²) >= 11 is 0. The van der Waals surface area contributed by atoms with Crippen molar-refractivity contribution < 1.29 is 4.79 Å². The standard InChI is InChI=1S/C24H28N2O/c27-24(20-5-6-20)26-15-13-18(14-16-26)17-7-10-21(11-8-17)25-23-12-9-19-3-1-2-4-22(19)23/h1-4,7-8,10-11,18,20,23,25H,5-6,9,12-16H2. The van der Waals surface area contributed by atoms with Gasteiger partial charge in [-0.3, -0.25) is 4.79 Å². The first-order valence-electron chi connectivity index (χ1n) is 10.5. The van der Waals surface area contributed by atoms with Gasteiger partial charge < -0.3 is 10.2 Å². The van der Waals surface area contributed by atoms with Gasteiger partial charge in [-0.05, 0) is 73.3 Å². The quantitative estimate of drug-likeness (QED) is 0.841. The van der Waals surface area contributed by atoms with E-state index in [0.717, 1.165) is 38.8 Å². The van der Waals surface area contributed by atoms with Gasteiger partial charge in [-0.2, -0.15) is 0 Å². The molecule has 2 aliphatic carbocycles. The van der Waals surface area contributed by atoms with E-state index in [0.29, 0.717) is 23.8 Å². The number of hydrogen-bond donors (Lipinski definition) is 1. The minimum absolute atomic E-state index is 0.354. The maximum Gasteiger partial charge on any atom is 0.225 e. The normalized spacial score (nSPS) is 22.5. The molecule has 1 unspecified atom stereocenters. The molecule has 1 N–H and O–H groups in total. The molecular weight excluding hydrogens is 332 g/mol. The highest BCUT2D eigenvalue weighted by Gasteiger charge is 2.35. The van der Waals surface area contributed by atoms with Gasteiger partial charge in [-0.25, -0.2) is 0 Å².